The van der Waals surface area contributed by atoms with E-state index in [1.54, 1.807) is 0 Å². The molecule has 9 nitrogen and oxygen atoms in total. The lowest BCUT2D eigenvalue weighted by atomic mass is 10.1. The molecule has 0 spiro atoms. The normalized spacial score (nSPS) is 24.9. The van der Waals surface area contributed by atoms with E-state index in [2.05, 4.69) is 5.32 Å². The van der Waals surface area contributed by atoms with Crippen LogP contribution in [0.15, 0.2) is 21.6 Å². The highest BCUT2D eigenvalue weighted by Crippen LogP contribution is 2.27. The molecule has 2 fully saturated rings. The molecule has 26 heavy (non-hydrogen) atoms. The minimum atomic E-state index is -4.08. The van der Waals surface area contributed by atoms with E-state index < -0.39 is 32.9 Å². The minimum absolute atomic E-state index is 0.0302. The number of ether oxygens (including phenoxy) is 1. The Morgan fingerprint density at radius 1 is 1.15 bits per heavy atom. The van der Waals surface area contributed by atoms with Crippen LogP contribution in [0.3, 0.4) is 0 Å². The lowest BCUT2D eigenvalue weighted by Crippen LogP contribution is -2.48. The van der Waals surface area contributed by atoms with Crippen LogP contribution in [0.5, 0.6) is 0 Å². The van der Waals surface area contributed by atoms with E-state index in [0.717, 1.165) is 29.3 Å². The maximum Gasteiger partial charge on any atom is 0.371 e. The summed E-state index contributed by atoms with van der Waals surface area (Å²) in [6.45, 7) is 1.43. The Kier molecular flexibility index (Phi) is 5.64. The van der Waals surface area contributed by atoms with Gasteiger partial charge >= 0.3 is 5.97 Å². The number of nitrogens with one attached hydrogen (secondary N) is 1. The van der Waals surface area contributed by atoms with Crippen LogP contribution in [-0.2, 0) is 19.6 Å². The van der Waals surface area contributed by atoms with Crippen LogP contribution in [0.4, 0.5) is 0 Å². The van der Waals surface area contributed by atoms with Crippen LogP contribution in [0.2, 0.25) is 0 Å². The van der Waals surface area contributed by atoms with Crippen LogP contribution < -0.4 is 5.32 Å². The molecule has 3 heterocycles. The number of carbonyl (C=O) groups is 2. The quantitative estimate of drug-likeness (QED) is 0.767. The number of carboxylic acids is 1. The Labute approximate surface area is 151 Å². The van der Waals surface area contributed by atoms with Crippen LogP contribution in [0, 0.1) is 0 Å². The zero-order chi connectivity index (χ0) is 18.7. The predicted octanol–water partition coefficient (Wildman–Crippen LogP) is 0.816. The Morgan fingerprint density at radius 3 is 2.69 bits per heavy atom. The molecule has 1 amide bonds. The molecule has 2 aliphatic heterocycles. The van der Waals surface area contributed by atoms with Gasteiger partial charge in [-0.25, -0.2) is 13.2 Å². The topological polar surface area (TPSA) is 126 Å². The average Bonchev–Trinajstić information content (AvgIpc) is 3.22. The van der Waals surface area contributed by atoms with E-state index >= 15 is 0 Å². The number of carbonyl (C=O) groups excluding carboxylic acids is 1. The third-order valence-electron chi connectivity index (χ3n) is 4.66. The molecule has 2 unspecified atom stereocenters. The maximum absolute atomic E-state index is 12.8. The monoisotopic (exact) mass is 386 g/mol. The summed E-state index contributed by atoms with van der Waals surface area (Å²) in [5.41, 5.74) is 0. The highest BCUT2D eigenvalue weighted by molar-refractivity contribution is 7.89. The SMILES string of the molecule is O=C(O)c1ccc(S(=O)(=O)N2CCCC2C(=O)NC2CCCOCC2)o1. The van der Waals surface area contributed by atoms with Crippen molar-refractivity contribution in [2.45, 2.75) is 49.3 Å². The number of sulfonamides is 1. The number of hydrogen-bond acceptors (Lipinski definition) is 6. The molecule has 10 heteroatoms. The number of aromatic carboxylic acids is 1. The van der Waals surface area contributed by atoms with Crippen molar-refractivity contribution < 1.29 is 32.3 Å². The molecule has 1 aromatic heterocycles. The molecule has 2 aliphatic rings. The Morgan fingerprint density at radius 2 is 1.96 bits per heavy atom. The number of hydrogen-bond donors (Lipinski definition) is 2. The molecule has 3 rings (SSSR count). The van der Waals surface area contributed by atoms with Crippen molar-refractivity contribution in [3.05, 3.63) is 17.9 Å². The molecule has 144 valence electrons. The summed E-state index contributed by atoms with van der Waals surface area (Å²) in [5, 5.41) is 11.4. The van der Waals surface area contributed by atoms with Crippen molar-refractivity contribution in [3.63, 3.8) is 0 Å². The van der Waals surface area contributed by atoms with Gasteiger partial charge in [-0.3, -0.25) is 4.79 Å². The van der Waals surface area contributed by atoms with E-state index in [4.69, 9.17) is 14.3 Å². The molecule has 1 aromatic rings. The lowest BCUT2D eigenvalue weighted by Gasteiger charge is -2.24. The smallest absolute Gasteiger partial charge is 0.371 e. The summed E-state index contributed by atoms with van der Waals surface area (Å²) < 4.78 is 36.9. The van der Waals surface area contributed by atoms with Crippen molar-refractivity contribution in [1.82, 2.24) is 9.62 Å². The molecular weight excluding hydrogens is 364 g/mol. The highest BCUT2D eigenvalue weighted by Gasteiger charge is 2.41. The number of furan rings is 1. The molecule has 0 radical (unpaired) electrons. The molecular formula is C16H22N2O7S. The molecule has 2 atom stereocenters. The summed E-state index contributed by atoms with van der Waals surface area (Å²) in [6.07, 6.45) is 3.32. The fourth-order valence-corrected chi connectivity index (χ4v) is 4.90. The van der Waals surface area contributed by atoms with Crippen molar-refractivity contribution >= 4 is 21.9 Å². The van der Waals surface area contributed by atoms with Crippen molar-refractivity contribution in [1.29, 1.82) is 0 Å². The zero-order valence-corrected chi connectivity index (χ0v) is 15.0. The number of carboxylic acid groups (broad SMARTS) is 1. The Balaban J connectivity index is 1.73. The number of rotatable bonds is 5. The highest BCUT2D eigenvalue weighted by atomic mass is 32.2. The number of nitrogens with zero attached hydrogens (tertiary/aromatic N) is 1. The first kappa shape index (κ1) is 18.9. The van der Waals surface area contributed by atoms with Gasteiger partial charge in [-0.15, -0.1) is 0 Å². The van der Waals surface area contributed by atoms with Crippen molar-refractivity contribution in [3.8, 4) is 0 Å². The van der Waals surface area contributed by atoms with E-state index in [1.165, 1.54) is 0 Å². The Hall–Kier alpha value is -1.91. The molecule has 2 N–H and O–H groups in total. The van der Waals surface area contributed by atoms with Gasteiger partial charge in [0.25, 0.3) is 10.0 Å². The maximum atomic E-state index is 12.8. The van der Waals surface area contributed by atoms with Gasteiger partial charge in [0, 0.05) is 25.8 Å². The number of amides is 1. The third-order valence-corrected chi connectivity index (χ3v) is 6.44. The first-order chi connectivity index (χ1) is 12.4. The van der Waals surface area contributed by atoms with Crippen molar-refractivity contribution in [2.75, 3.05) is 19.8 Å². The molecule has 0 saturated carbocycles. The minimum Gasteiger partial charge on any atom is -0.475 e. The van der Waals surface area contributed by atoms with Crippen LogP contribution in [-0.4, -0.2) is 61.5 Å². The fourth-order valence-electron chi connectivity index (χ4n) is 3.32. The molecule has 0 aromatic carbocycles. The average molecular weight is 386 g/mol. The summed E-state index contributed by atoms with van der Waals surface area (Å²) >= 11 is 0. The summed E-state index contributed by atoms with van der Waals surface area (Å²) in [4.78, 5) is 23.6. The predicted molar refractivity (Wildman–Crippen MR) is 89.2 cm³/mol. The van der Waals surface area contributed by atoms with Gasteiger partial charge in [0.1, 0.15) is 6.04 Å². The van der Waals surface area contributed by atoms with Crippen LogP contribution in [0.25, 0.3) is 0 Å². The van der Waals surface area contributed by atoms with Gasteiger partial charge in [-0.1, -0.05) is 0 Å². The summed E-state index contributed by atoms with van der Waals surface area (Å²) in [7, 11) is -4.08. The fraction of sp³-hybridized carbons (Fsp3) is 0.625. The molecule has 2 saturated heterocycles. The van der Waals surface area contributed by atoms with E-state index in [-0.39, 0.29) is 18.5 Å². The Bertz CT molecular complexity index is 765. The first-order valence-corrected chi connectivity index (χ1v) is 10.1. The van der Waals surface area contributed by atoms with Crippen LogP contribution in [0.1, 0.15) is 42.7 Å². The largest absolute Gasteiger partial charge is 0.475 e. The van der Waals surface area contributed by atoms with Gasteiger partial charge in [0.15, 0.2) is 0 Å². The van der Waals surface area contributed by atoms with E-state index in [9.17, 15) is 18.0 Å². The summed E-state index contributed by atoms with van der Waals surface area (Å²) in [6, 6.07) is 1.35. The van der Waals surface area contributed by atoms with Gasteiger partial charge in [-0.2, -0.15) is 4.31 Å². The van der Waals surface area contributed by atoms with Crippen LogP contribution >= 0.6 is 0 Å². The second-order valence-electron chi connectivity index (χ2n) is 6.45. The molecule has 0 bridgehead atoms. The van der Waals surface area contributed by atoms with Crippen molar-refractivity contribution in [2.24, 2.45) is 0 Å². The standard InChI is InChI=1S/C16H22N2O7S/c19-15(17-11-3-2-9-24-10-7-11)12-4-1-8-18(12)26(22,23)14-6-5-13(25-14)16(20)21/h5-6,11-12H,1-4,7-10H2,(H,17,19)(H,20,21). The van der Waals surface area contributed by atoms with E-state index in [0.29, 0.717) is 32.5 Å². The second-order valence-corrected chi connectivity index (χ2v) is 8.27. The molecule has 0 aliphatic carbocycles. The second kappa shape index (κ2) is 7.77. The summed E-state index contributed by atoms with van der Waals surface area (Å²) in [5.74, 6) is -2.14. The lowest BCUT2D eigenvalue weighted by molar-refractivity contribution is -0.125. The van der Waals surface area contributed by atoms with Gasteiger partial charge in [-0.05, 0) is 44.2 Å². The van der Waals surface area contributed by atoms with Gasteiger partial charge < -0.3 is 19.6 Å². The zero-order valence-electron chi connectivity index (χ0n) is 14.2. The third kappa shape index (κ3) is 3.92. The van der Waals surface area contributed by atoms with E-state index in [1.807, 2.05) is 0 Å². The van der Waals surface area contributed by atoms with Gasteiger partial charge in [0.05, 0.1) is 0 Å². The first-order valence-electron chi connectivity index (χ1n) is 8.62. The van der Waals surface area contributed by atoms with Gasteiger partial charge in [0.2, 0.25) is 16.8 Å².